The van der Waals surface area contributed by atoms with Crippen LogP contribution in [0, 0.1) is 6.92 Å². The van der Waals surface area contributed by atoms with E-state index in [9.17, 15) is 4.79 Å². The van der Waals surface area contributed by atoms with E-state index in [1.165, 1.54) is 15.9 Å². The average molecular weight is 606 g/mol. The largest absolute Gasteiger partial charge is 0.494 e. The highest BCUT2D eigenvalue weighted by atomic mass is 32.1. The van der Waals surface area contributed by atoms with E-state index in [0.29, 0.717) is 21.9 Å². The summed E-state index contributed by atoms with van der Waals surface area (Å²) in [5.41, 5.74) is 5.09. The van der Waals surface area contributed by atoms with E-state index in [2.05, 4.69) is 23.1 Å². The lowest BCUT2D eigenvalue weighted by Crippen LogP contribution is -2.23. The molecule has 0 spiro atoms. The topological polar surface area (TPSA) is 83.5 Å². The number of unbranched alkanes of at least 4 members (excludes halogenated alkanes) is 2. The Morgan fingerprint density at radius 2 is 1.73 bits per heavy atom. The molecule has 0 saturated heterocycles. The van der Waals surface area contributed by atoms with Gasteiger partial charge in [-0.3, -0.25) is 4.79 Å². The van der Waals surface area contributed by atoms with Crippen LogP contribution >= 0.6 is 11.3 Å². The molecule has 6 aromatic rings. The van der Waals surface area contributed by atoms with Crippen molar-refractivity contribution in [3.63, 3.8) is 0 Å². The van der Waals surface area contributed by atoms with Crippen LogP contribution in [0.1, 0.15) is 51.2 Å². The van der Waals surface area contributed by atoms with Crippen molar-refractivity contribution in [2.45, 2.75) is 53.1 Å². The number of para-hydroxylation sites is 1. The Labute approximate surface area is 260 Å². The van der Waals surface area contributed by atoms with Gasteiger partial charge in [-0.1, -0.05) is 49.3 Å². The van der Waals surface area contributed by atoms with Gasteiger partial charge < -0.3 is 9.47 Å². The SMILES string of the molecule is CCCCCOc1ccc(-c2nc3s/c(=C/c4cn(-c5ccccc5)nc4-c4ccc(OC(C)C)c(C)c4)c(=O)n3n2)cc1. The summed E-state index contributed by atoms with van der Waals surface area (Å²) in [5.74, 6) is 2.17. The first-order valence-electron chi connectivity index (χ1n) is 15.0. The number of aryl methyl sites for hydroxylation is 1. The van der Waals surface area contributed by atoms with E-state index in [4.69, 9.17) is 14.6 Å². The highest BCUT2D eigenvalue weighted by Gasteiger charge is 2.16. The smallest absolute Gasteiger partial charge is 0.291 e. The van der Waals surface area contributed by atoms with Crippen LogP contribution in [-0.4, -0.2) is 37.1 Å². The van der Waals surface area contributed by atoms with Gasteiger partial charge in [0.2, 0.25) is 4.96 Å². The van der Waals surface area contributed by atoms with Crippen LogP contribution < -0.4 is 19.6 Å². The van der Waals surface area contributed by atoms with Crippen molar-refractivity contribution in [1.82, 2.24) is 24.4 Å². The first kappa shape index (κ1) is 29.3. The summed E-state index contributed by atoms with van der Waals surface area (Å²) in [6, 6.07) is 23.7. The zero-order chi connectivity index (χ0) is 30.6. The lowest BCUT2D eigenvalue weighted by Gasteiger charge is -2.13. The molecule has 9 heteroatoms. The number of rotatable bonds is 11. The fourth-order valence-corrected chi connectivity index (χ4v) is 5.85. The van der Waals surface area contributed by atoms with Crippen LogP contribution in [0.2, 0.25) is 0 Å². The molecule has 0 aliphatic carbocycles. The maximum atomic E-state index is 13.5. The second-order valence-corrected chi connectivity index (χ2v) is 12.0. The Kier molecular flexibility index (Phi) is 8.56. The number of ether oxygens (including phenoxy) is 2. The van der Waals surface area contributed by atoms with E-state index in [1.807, 2.05) is 104 Å². The molecule has 0 atom stereocenters. The van der Waals surface area contributed by atoms with Crippen LogP contribution in [0.4, 0.5) is 0 Å². The molecule has 0 bridgehead atoms. The van der Waals surface area contributed by atoms with Gasteiger partial charge in [-0.25, -0.2) is 4.68 Å². The lowest BCUT2D eigenvalue weighted by atomic mass is 10.0. The number of hydrogen-bond acceptors (Lipinski definition) is 7. The fraction of sp³-hybridized carbons (Fsp3) is 0.257. The minimum atomic E-state index is -0.213. The third-order valence-corrected chi connectivity index (χ3v) is 8.13. The summed E-state index contributed by atoms with van der Waals surface area (Å²) < 4.78 is 15.5. The third-order valence-electron chi connectivity index (χ3n) is 7.17. The molecule has 0 fully saturated rings. The van der Waals surface area contributed by atoms with Crippen molar-refractivity contribution >= 4 is 22.4 Å². The van der Waals surface area contributed by atoms with E-state index < -0.39 is 0 Å². The standard InChI is InChI=1S/C35H35N5O3S/c1-5-6-10-19-42-29-16-13-25(14-17-29)33-36-35-40(38-33)34(41)31(44-35)21-27-22-39(28-11-8-7-9-12-28)37-32(27)26-15-18-30(24(4)20-26)43-23(2)3/h7-9,11-18,20-23H,5-6,10,19H2,1-4H3/b31-21+. The zero-order valence-corrected chi connectivity index (χ0v) is 26.2. The van der Waals surface area contributed by atoms with E-state index in [1.54, 1.807) is 0 Å². The van der Waals surface area contributed by atoms with Crippen LogP contribution in [0.5, 0.6) is 11.5 Å². The number of thiazole rings is 1. The van der Waals surface area contributed by atoms with Gasteiger partial charge >= 0.3 is 0 Å². The summed E-state index contributed by atoms with van der Waals surface area (Å²) >= 11 is 1.31. The van der Waals surface area contributed by atoms with Crippen LogP contribution in [0.3, 0.4) is 0 Å². The van der Waals surface area contributed by atoms with Gasteiger partial charge in [0.05, 0.1) is 22.9 Å². The molecular weight excluding hydrogens is 570 g/mol. The number of fused-ring (bicyclic) bond motifs is 1. The van der Waals surface area contributed by atoms with Crippen LogP contribution in [0.25, 0.3) is 39.4 Å². The molecule has 3 aromatic carbocycles. The molecule has 0 saturated carbocycles. The maximum Gasteiger partial charge on any atom is 0.291 e. The summed E-state index contributed by atoms with van der Waals surface area (Å²) in [6.45, 7) is 8.93. The highest BCUT2D eigenvalue weighted by molar-refractivity contribution is 7.15. The van der Waals surface area contributed by atoms with Crippen molar-refractivity contribution in [1.29, 1.82) is 0 Å². The molecule has 3 aromatic heterocycles. The Morgan fingerprint density at radius 1 is 0.955 bits per heavy atom. The molecule has 0 radical (unpaired) electrons. The molecule has 8 nitrogen and oxygen atoms in total. The Morgan fingerprint density at radius 3 is 2.43 bits per heavy atom. The van der Waals surface area contributed by atoms with Crippen LogP contribution in [-0.2, 0) is 0 Å². The van der Waals surface area contributed by atoms with Gasteiger partial charge in [-0.15, -0.1) is 5.10 Å². The van der Waals surface area contributed by atoms with Crippen molar-refractivity contribution < 1.29 is 9.47 Å². The maximum absolute atomic E-state index is 13.5. The predicted octanol–water partition coefficient (Wildman–Crippen LogP) is 6.88. The molecule has 0 amide bonds. The second-order valence-electron chi connectivity index (χ2n) is 11.0. The van der Waals surface area contributed by atoms with Gasteiger partial charge in [0, 0.05) is 22.9 Å². The van der Waals surface area contributed by atoms with Gasteiger partial charge in [-0.2, -0.15) is 14.6 Å². The summed E-state index contributed by atoms with van der Waals surface area (Å²) in [4.78, 5) is 18.7. The Bertz CT molecular complexity index is 1990. The van der Waals surface area contributed by atoms with Crippen molar-refractivity contribution in [2.75, 3.05) is 6.61 Å². The van der Waals surface area contributed by atoms with Crippen molar-refractivity contribution in [3.8, 4) is 39.8 Å². The minimum Gasteiger partial charge on any atom is -0.494 e. The average Bonchev–Trinajstić information content (AvgIpc) is 3.72. The zero-order valence-electron chi connectivity index (χ0n) is 25.4. The molecule has 6 rings (SSSR count). The molecule has 0 unspecified atom stereocenters. The molecule has 0 N–H and O–H groups in total. The number of hydrogen-bond donors (Lipinski definition) is 0. The molecule has 44 heavy (non-hydrogen) atoms. The van der Waals surface area contributed by atoms with Gasteiger partial charge in [0.1, 0.15) is 17.2 Å². The summed E-state index contributed by atoms with van der Waals surface area (Å²) in [6.07, 6.45) is 7.26. The van der Waals surface area contributed by atoms with Crippen molar-refractivity contribution in [2.24, 2.45) is 0 Å². The minimum absolute atomic E-state index is 0.0803. The number of nitrogens with zero attached hydrogens (tertiary/aromatic N) is 5. The second kappa shape index (κ2) is 12.9. The molecule has 0 aliphatic rings. The van der Waals surface area contributed by atoms with Crippen molar-refractivity contribution in [3.05, 3.63) is 105 Å². The normalized spacial score (nSPS) is 12.0. The highest BCUT2D eigenvalue weighted by Crippen LogP contribution is 2.30. The molecule has 224 valence electrons. The number of benzene rings is 3. The van der Waals surface area contributed by atoms with Gasteiger partial charge in [0.15, 0.2) is 5.82 Å². The van der Waals surface area contributed by atoms with Gasteiger partial charge in [0.25, 0.3) is 5.56 Å². The van der Waals surface area contributed by atoms with E-state index in [0.717, 1.165) is 64.4 Å². The monoisotopic (exact) mass is 605 g/mol. The number of aromatic nitrogens is 5. The first-order valence-corrected chi connectivity index (χ1v) is 15.8. The molecule has 3 heterocycles. The predicted molar refractivity (Wildman–Crippen MR) is 176 cm³/mol. The third kappa shape index (κ3) is 6.28. The molecule has 0 aliphatic heterocycles. The summed E-state index contributed by atoms with van der Waals surface area (Å²) in [7, 11) is 0. The van der Waals surface area contributed by atoms with Crippen LogP contribution in [0.15, 0.2) is 83.8 Å². The lowest BCUT2D eigenvalue weighted by molar-refractivity contribution is 0.241. The Hall–Kier alpha value is -4.76. The first-order chi connectivity index (χ1) is 21.4. The van der Waals surface area contributed by atoms with Gasteiger partial charge in [-0.05, 0) is 93.4 Å². The summed E-state index contributed by atoms with van der Waals surface area (Å²) in [5, 5.41) is 9.48. The van der Waals surface area contributed by atoms with E-state index >= 15 is 0 Å². The quantitative estimate of drug-likeness (QED) is 0.150. The Balaban J connectivity index is 1.34. The van der Waals surface area contributed by atoms with E-state index in [-0.39, 0.29) is 11.7 Å². The fourth-order valence-electron chi connectivity index (χ4n) is 4.95. The molecular formula is C35H35N5O3S.